The Morgan fingerprint density at radius 3 is 3.00 bits per heavy atom. The Hall–Kier alpha value is -0.740. The topological polar surface area (TPSA) is 40.5 Å². The summed E-state index contributed by atoms with van der Waals surface area (Å²) >= 11 is 9.14. The zero-order valence-corrected chi connectivity index (χ0v) is 13.0. The number of benzene rings is 1. The number of aromatic hydroxyl groups is 1. The number of likely N-dealkylation sites (tertiary alicyclic amines) is 1. The first-order valence-corrected chi connectivity index (χ1v) is 7.81. The molecule has 5 heteroatoms. The molecule has 1 atom stereocenters. The number of amides is 1. The molecule has 1 unspecified atom stereocenters. The van der Waals surface area contributed by atoms with Gasteiger partial charge in [0.1, 0.15) is 5.75 Å². The summed E-state index contributed by atoms with van der Waals surface area (Å²) in [5.74, 6) is 0.482. The number of hydrogen-bond acceptors (Lipinski definition) is 2. The minimum Gasteiger partial charge on any atom is -0.507 e. The minimum atomic E-state index is -0.103. The second-order valence-electron chi connectivity index (χ2n) is 4.79. The maximum absolute atomic E-state index is 12.6. The van der Waals surface area contributed by atoms with E-state index in [4.69, 9.17) is 11.6 Å². The van der Waals surface area contributed by atoms with E-state index in [1.54, 1.807) is 12.1 Å². The molecule has 1 saturated heterocycles. The van der Waals surface area contributed by atoms with E-state index < -0.39 is 0 Å². The Kier molecular flexibility index (Phi) is 5.11. The van der Waals surface area contributed by atoms with Gasteiger partial charge in [0.15, 0.2) is 0 Å². The van der Waals surface area contributed by atoms with Gasteiger partial charge in [-0.05, 0) is 43.9 Å². The van der Waals surface area contributed by atoms with E-state index in [1.165, 1.54) is 6.07 Å². The Bertz CT molecular complexity index is 465. The molecule has 1 aromatic carbocycles. The lowest BCUT2D eigenvalue weighted by Crippen LogP contribution is -2.44. The van der Waals surface area contributed by atoms with Crippen molar-refractivity contribution >= 4 is 33.4 Å². The molecule has 0 spiro atoms. The molecule has 0 aromatic heterocycles. The molecule has 0 bridgehead atoms. The third kappa shape index (κ3) is 3.42. The molecule has 104 valence electrons. The molecule has 1 heterocycles. The highest BCUT2D eigenvalue weighted by Crippen LogP contribution is 2.27. The fraction of sp³-hybridized carbons (Fsp3) is 0.500. The normalized spacial score (nSPS) is 19.5. The molecule has 2 rings (SSSR count). The summed E-state index contributed by atoms with van der Waals surface area (Å²) < 4.78 is 0.791. The number of phenolic OH excluding ortho intramolecular Hbond substituents is 1. The number of rotatable bonds is 3. The van der Waals surface area contributed by atoms with Crippen LogP contribution in [-0.2, 0) is 0 Å². The summed E-state index contributed by atoms with van der Waals surface area (Å²) in [6.45, 7) is 0.742. The lowest BCUT2D eigenvalue weighted by molar-refractivity contribution is 0.0606. The van der Waals surface area contributed by atoms with Gasteiger partial charge in [-0.1, -0.05) is 15.9 Å². The Morgan fingerprint density at radius 2 is 2.26 bits per heavy atom. The summed E-state index contributed by atoms with van der Waals surface area (Å²) in [5.41, 5.74) is 0.357. The fourth-order valence-corrected chi connectivity index (χ4v) is 3.14. The van der Waals surface area contributed by atoms with Crippen molar-refractivity contribution in [2.24, 2.45) is 0 Å². The van der Waals surface area contributed by atoms with Crippen molar-refractivity contribution in [2.75, 3.05) is 12.4 Å². The third-order valence-electron chi connectivity index (χ3n) is 3.52. The van der Waals surface area contributed by atoms with Crippen LogP contribution in [0.15, 0.2) is 22.7 Å². The molecule has 0 saturated carbocycles. The number of phenols is 1. The predicted molar refractivity (Wildman–Crippen MR) is 79.8 cm³/mol. The van der Waals surface area contributed by atoms with Crippen LogP contribution in [-0.4, -0.2) is 34.4 Å². The highest BCUT2D eigenvalue weighted by molar-refractivity contribution is 9.10. The average Bonchev–Trinajstić information content (AvgIpc) is 2.42. The quantitative estimate of drug-likeness (QED) is 0.846. The number of nitrogens with zero attached hydrogens (tertiary/aromatic N) is 1. The van der Waals surface area contributed by atoms with Crippen LogP contribution in [0.3, 0.4) is 0 Å². The first-order valence-electron chi connectivity index (χ1n) is 6.49. The number of piperidine rings is 1. The lowest BCUT2D eigenvalue weighted by Gasteiger charge is -2.35. The Labute approximate surface area is 126 Å². The van der Waals surface area contributed by atoms with Crippen LogP contribution in [0.2, 0.25) is 0 Å². The molecule has 1 aliphatic heterocycles. The van der Waals surface area contributed by atoms with Gasteiger partial charge >= 0.3 is 0 Å². The lowest BCUT2D eigenvalue weighted by atomic mass is 9.98. The van der Waals surface area contributed by atoms with Gasteiger partial charge in [0.05, 0.1) is 5.56 Å². The van der Waals surface area contributed by atoms with Crippen molar-refractivity contribution in [3.05, 3.63) is 28.2 Å². The molecule has 0 radical (unpaired) electrons. The van der Waals surface area contributed by atoms with Crippen LogP contribution < -0.4 is 0 Å². The van der Waals surface area contributed by atoms with Crippen LogP contribution in [0.1, 0.15) is 36.0 Å². The third-order valence-corrected chi connectivity index (χ3v) is 4.23. The van der Waals surface area contributed by atoms with E-state index in [0.29, 0.717) is 11.4 Å². The van der Waals surface area contributed by atoms with Gasteiger partial charge in [0.2, 0.25) is 0 Å². The van der Waals surface area contributed by atoms with Crippen LogP contribution in [0.4, 0.5) is 0 Å². The summed E-state index contributed by atoms with van der Waals surface area (Å²) in [6.07, 6.45) is 3.95. The van der Waals surface area contributed by atoms with E-state index in [9.17, 15) is 9.90 Å². The van der Waals surface area contributed by atoms with Crippen LogP contribution in [0.25, 0.3) is 0 Å². The summed E-state index contributed by atoms with van der Waals surface area (Å²) in [4.78, 5) is 14.4. The van der Waals surface area contributed by atoms with Gasteiger partial charge in [-0.3, -0.25) is 4.79 Å². The molecular formula is C14H17BrClNO2. The maximum Gasteiger partial charge on any atom is 0.257 e. The van der Waals surface area contributed by atoms with Crippen molar-refractivity contribution < 1.29 is 9.90 Å². The number of alkyl halides is 1. The molecule has 1 N–H and O–H groups in total. The number of carbonyl (C=O) groups is 1. The highest BCUT2D eigenvalue weighted by Gasteiger charge is 2.28. The summed E-state index contributed by atoms with van der Waals surface area (Å²) in [6, 6.07) is 5.12. The van der Waals surface area contributed by atoms with Gasteiger partial charge in [0, 0.05) is 22.9 Å². The highest BCUT2D eigenvalue weighted by atomic mass is 79.9. The first kappa shape index (κ1) is 14.7. The molecule has 1 amide bonds. The number of hydrogen-bond donors (Lipinski definition) is 1. The van der Waals surface area contributed by atoms with Crippen molar-refractivity contribution in [3.8, 4) is 5.75 Å². The molecule has 19 heavy (non-hydrogen) atoms. The first-order chi connectivity index (χ1) is 9.13. The Morgan fingerprint density at radius 1 is 1.47 bits per heavy atom. The monoisotopic (exact) mass is 345 g/mol. The molecule has 1 aliphatic rings. The SMILES string of the molecule is O=C(c1cc(Br)ccc1O)N1CCCCC1CCCl. The standard InChI is InChI=1S/C14H17BrClNO2/c15-10-4-5-13(18)12(9-10)14(19)17-8-2-1-3-11(17)6-7-16/h4-5,9,11,18H,1-3,6-8H2. The van der Waals surface area contributed by atoms with Gasteiger partial charge < -0.3 is 10.0 Å². The van der Waals surface area contributed by atoms with Crippen LogP contribution >= 0.6 is 27.5 Å². The van der Waals surface area contributed by atoms with Gasteiger partial charge in [-0.25, -0.2) is 0 Å². The van der Waals surface area contributed by atoms with E-state index in [0.717, 1.165) is 36.7 Å². The largest absolute Gasteiger partial charge is 0.507 e. The van der Waals surface area contributed by atoms with Crippen molar-refractivity contribution in [2.45, 2.75) is 31.7 Å². The maximum atomic E-state index is 12.6. The minimum absolute atomic E-state index is 0.0309. The van der Waals surface area contributed by atoms with Gasteiger partial charge in [-0.2, -0.15) is 0 Å². The van der Waals surface area contributed by atoms with Crippen molar-refractivity contribution in [3.63, 3.8) is 0 Å². The Balaban J connectivity index is 2.23. The van der Waals surface area contributed by atoms with Crippen molar-refractivity contribution in [1.29, 1.82) is 0 Å². The van der Waals surface area contributed by atoms with Crippen LogP contribution in [0, 0.1) is 0 Å². The van der Waals surface area contributed by atoms with Crippen LogP contribution in [0.5, 0.6) is 5.75 Å². The van der Waals surface area contributed by atoms with E-state index in [2.05, 4.69) is 15.9 Å². The average molecular weight is 347 g/mol. The molecule has 0 aliphatic carbocycles. The summed E-state index contributed by atoms with van der Waals surface area (Å²) in [5, 5.41) is 9.86. The number of carbonyl (C=O) groups excluding carboxylic acids is 1. The zero-order chi connectivity index (χ0) is 13.8. The second kappa shape index (κ2) is 6.62. The predicted octanol–water partition coefficient (Wildman–Crippen LogP) is 3.78. The second-order valence-corrected chi connectivity index (χ2v) is 6.08. The van der Waals surface area contributed by atoms with Gasteiger partial charge in [-0.15, -0.1) is 11.6 Å². The van der Waals surface area contributed by atoms with E-state index in [-0.39, 0.29) is 17.7 Å². The van der Waals surface area contributed by atoms with E-state index in [1.807, 2.05) is 4.90 Å². The van der Waals surface area contributed by atoms with Gasteiger partial charge in [0.25, 0.3) is 5.91 Å². The fourth-order valence-electron chi connectivity index (χ4n) is 2.53. The summed E-state index contributed by atoms with van der Waals surface area (Å²) in [7, 11) is 0. The van der Waals surface area contributed by atoms with E-state index >= 15 is 0 Å². The van der Waals surface area contributed by atoms with Crippen molar-refractivity contribution in [1.82, 2.24) is 4.90 Å². The molecule has 1 fully saturated rings. The zero-order valence-electron chi connectivity index (χ0n) is 10.6. The molecular weight excluding hydrogens is 330 g/mol. The number of halogens is 2. The molecule has 1 aromatic rings. The molecule has 3 nitrogen and oxygen atoms in total. The smallest absolute Gasteiger partial charge is 0.257 e.